The average molecular weight is 268 g/mol. The molecule has 1 heterocycles. The number of thiazole rings is 1. The van der Waals surface area contributed by atoms with Crippen molar-refractivity contribution in [1.82, 2.24) is 4.98 Å². The van der Waals surface area contributed by atoms with Gasteiger partial charge in [0.15, 0.2) is 5.13 Å². The van der Waals surface area contributed by atoms with E-state index < -0.39 is 5.41 Å². The molecular weight excluding hydrogens is 248 g/mol. The van der Waals surface area contributed by atoms with E-state index in [1.54, 1.807) is 11.3 Å². The van der Waals surface area contributed by atoms with Crippen molar-refractivity contribution < 1.29 is 9.53 Å². The molecule has 0 atom stereocenters. The number of nitrogens with one attached hydrogen (secondary N) is 1. The molecule has 2 rings (SSSR count). The van der Waals surface area contributed by atoms with Gasteiger partial charge in [-0.05, 0) is 40.0 Å². The molecule has 0 spiro atoms. The zero-order chi connectivity index (χ0) is 13.2. The Kier molecular flexibility index (Phi) is 3.90. The monoisotopic (exact) mass is 268 g/mol. The molecule has 0 bridgehead atoms. The Morgan fingerprint density at radius 1 is 1.61 bits per heavy atom. The van der Waals surface area contributed by atoms with Crippen LogP contribution in [0.2, 0.25) is 0 Å². The lowest BCUT2D eigenvalue weighted by atomic mass is 9.90. The van der Waals surface area contributed by atoms with Crippen molar-refractivity contribution in [3.05, 3.63) is 11.1 Å². The second-order valence-electron chi connectivity index (χ2n) is 5.16. The molecule has 0 unspecified atom stereocenters. The zero-order valence-electron chi connectivity index (χ0n) is 11.2. The Morgan fingerprint density at radius 2 is 2.33 bits per heavy atom. The molecule has 1 aliphatic rings. The highest BCUT2D eigenvalue weighted by atomic mass is 32.1. The molecule has 100 valence electrons. The molecule has 0 aliphatic heterocycles. The van der Waals surface area contributed by atoms with Gasteiger partial charge in [-0.2, -0.15) is 0 Å². The van der Waals surface area contributed by atoms with Gasteiger partial charge in [0.25, 0.3) is 0 Å². The topological polar surface area (TPSA) is 51.2 Å². The summed E-state index contributed by atoms with van der Waals surface area (Å²) in [7, 11) is 0. The number of anilines is 1. The normalized spacial score (nSPS) is 16.2. The van der Waals surface area contributed by atoms with E-state index in [1.807, 2.05) is 26.2 Å². The van der Waals surface area contributed by atoms with Crippen LogP contribution in [0.1, 0.15) is 45.7 Å². The molecular formula is C13H20N2O2S. The number of aromatic nitrogens is 1. The largest absolute Gasteiger partial charge is 0.465 e. The van der Waals surface area contributed by atoms with E-state index >= 15 is 0 Å². The first-order valence-electron chi connectivity index (χ1n) is 6.43. The van der Waals surface area contributed by atoms with Crippen LogP contribution in [0, 0.1) is 0 Å². The summed E-state index contributed by atoms with van der Waals surface area (Å²) in [6.07, 6.45) is 3.73. The van der Waals surface area contributed by atoms with Crippen LogP contribution in [-0.4, -0.2) is 23.6 Å². The van der Waals surface area contributed by atoms with Crippen molar-refractivity contribution >= 4 is 22.4 Å². The molecule has 1 saturated carbocycles. The van der Waals surface area contributed by atoms with Crippen molar-refractivity contribution in [2.75, 3.05) is 11.9 Å². The van der Waals surface area contributed by atoms with Crippen LogP contribution in [0.3, 0.4) is 0 Å². The van der Waals surface area contributed by atoms with Crippen molar-refractivity contribution in [3.63, 3.8) is 0 Å². The number of esters is 1. The van der Waals surface area contributed by atoms with Crippen LogP contribution in [0.5, 0.6) is 0 Å². The first kappa shape index (κ1) is 13.3. The molecule has 1 fully saturated rings. The van der Waals surface area contributed by atoms with Crippen molar-refractivity contribution in [1.29, 1.82) is 0 Å². The van der Waals surface area contributed by atoms with Crippen LogP contribution in [0.25, 0.3) is 0 Å². The molecule has 4 nitrogen and oxygen atoms in total. The predicted octanol–water partition coefficient (Wildman–Crippen LogP) is 2.95. The Hall–Kier alpha value is -1.10. The van der Waals surface area contributed by atoms with Gasteiger partial charge in [-0.3, -0.25) is 4.79 Å². The summed E-state index contributed by atoms with van der Waals surface area (Å²) in [5, 5.41) is 6.25. The van der Waals surface area contributed by atoms with Gasteiger partial charge in [0.1, 0.15) is 5.41 Å². The summed E-state index contributed by atoms with van der Waals surface area (Å²) in [5.41, 5.74) is 0.110. The van der Waals surface area contributed by atoms with Gasteiger partial charge in [-0.25, -0.2) is 4.98 Å². The molecule has 18 heavy (non-hydrogen) atoms. The standard InChI is InChI=1S/C13H20N2O2S/c1-4-17-11(16)13(2,3)10-8-18-12(15-10)14-9-6-5-7-9/h8-9H,4-7H2,1-3H3,(H,14,15). The zero-order valence-corrected chi connectivity index (χ0v) is 12.0. The minimum atomic E-state index is -0.675. The van der Waals surface area contributed by atoms with Crippen molar-refractivity contribution in [3.8, 4) is 0 Å². The smallest absolute Gasteiger partial charge is 0.317 e. The average Bonchev–Trinajstić information content (AvgIpc) is 2.73. The third-order valence-corrected chi connectivity index (χ3v) is 4.14. The summed E-state index contributed by atoms with van der Waals surface area (Å²) in [6, 6.07) is 0.565. The fraction of sp³-hybridized carbons (Fsp3) is 0.692. The maximum Gasteiger partial charge on any atom is 0.317 e. The van der Waals surface area contributed by atoms with Gasteiger partial charge >= 0.3 is 5.97 Å². The van der Waals surface area contributed by atoms with E-state index in [0.717, 1.165) is 10.8 Å². The molecule has 0 aromatic carbocycles. The molecule has 0 amide bonds. The summed E-state index contributed by atoms with van der Waals surface area (Å²) >= 11 is 1.56. The fourth-order valence-corrected chi connectivity index (χ4v) is 2.73. The molecule has 1 aromatic rings. The van der Waals surface area contributed by atoms with Crippen LogP contribution < -0.4 is 5.32 Å². The lowest BCUT2D eigenvalue weighted by molar-refractivity contribution is -0.148. The van der Waals surface area contributed by atoms with E-state index in [-0.39, 0.29) is 5.97 Å². The quantitative estimate of drug-likeness (QED) is 0.834. The Labute approximate surface area is 112 Å². The second kappa shape index (κ2) is 5.26. The van der Waals surface area contributed by atoms with Crippen LogP contribution in [-0.2, 0) is 14.9 Å². The molecule has 1 N–H and O–H groups in total. The van der Waals surface area contributed by atoms with Crippen LogP contribution in [0.15, 0.2) is 5.38 Å². The fourth-order valence-electron chi connectivity index (χ4n) is 1.77. The second-order valence-corrected chi connectivity index (χ2v) is 6.01. The SMILES string of the molecule is CCOC(=O)C(C)(C)c1csc(NC2CCC2)n1. The van der Waals surface area contributed by atoms with Gasteiger partial charge < -0.3 is 10.1 Å². The molecule has 1 aromatic heterocycles. The van der Waals surface area contributed by atoms with Gasteiger partial charge in [0.05, 0.1) is 12.3 Å². The van der Waals surface area contributed by atoms with Gasteiger partial charge in [-0.1, -0.05) is 0 Å². The van der Waals surface area contributed by atoms with Gasteiger partial charge in [-0.15, -0.1) is 11.3 Å². The molecule has 0 saturated heterocycles. The first-order chi connectivity index (χ1) is 8.54. The number of rotatable bonds is 5. The molecule has 1 aliphatic carbocycles. The number of nitrogens with zero attached hydrogens (tertiary/aromatic N) is 1. The van der Waals surface area contributed by atoms with Crippen LogP contribution in [0.4, 0.5) is 5.13 Å². The maximum atomic E-state index is 11.9. The van der Waals surface area contributed by atoms with Gasteiger partial charge in [0.2, 0.25) is 0 Å². The highest BCUT2D eigenvalue weighted by Gasteiger charge is 2.34. The summed E-state index contributed by atoms with van der Waals surface area (Å²) in [5.74, 6) is -0.217. The van der Waals surface area contributed by atoms with E-state index in [9.17, 15) is 4.79 Å². The van der Waals surface area contributed by atoms with E-state index in [1.165, 1.54) is 19.3 Å². The maximum absolute atomic E-state index is 11.9. The van der Waals surface area contributed by atoms with Crippen LogP contribution >= 0.6 is 11.3 Å². The number of hydrogen-bond donors (Lipinski definition) is 1. The van der Waals surface area contributed by atoms with E-state index in [4.69, 9.17) is 4.74 Å². The van der Waals surface area contributed by atoms with Gasteiger partial charge in [0, 0.05) is 11.4 Å². The molecule has 0 radical (unpaired) electrons. The Morgan fingerprint density at radius 3 is 2.89 bits per heavy atom. The number of carbonyl (C=O) groups excluding carboxylic acids is 1. The number of carbonyl (C=O) groups is 1. The van der Waals surface area contributed by atoms with E-state index in [0.29, 0.717) is 12.6 Å². The minimum absolute atomic E-state index is 0.217. The van der Waals surface area contributed by atoms with Crippen molar-refractivity contribution in [2.24, 2.45) is 0 Å². The van der Waals surface area contributed by atoms with E-state index in [2.05, 4.69) is 10.3 Å². The minimum Gasteiger partial charge on any atom is -0.465 e. The predicted molar refractivity (Wildman–Crippen MR) is 73.0 cm³/mol. The van der Waals surface area contributed by atoms with Crippen molar-refractivity contribution in [2.45, 2.75) is 51.5 Å². The summed E-state index contributed by atoms with van der Waals surface area (Å²) < 4.78 is 5.09. The summed E-state index contributed by atoms with van der Waals surface area (Å²) in [6.45, 7) is 5.93. The lowest BCUT2D eigenvalue weighted by Crippen LogP contribution is -2.31. The first-order valence-corrected chi connectivity index (χ1v) is 7.31. The molecule has 5 heteroatoms. The third-order valence-electron chi connectivity index (χ3n) is 3.36. The lowest BCUT2D eigenvalue weighted by Gasteiger charge is -2.26. The number of ether oxygens (including phenoxy) is 1. The Bertz CT molecular complexity index is 424. The Balaban J connectivity index is 2.05. The third kappa shape index (κ3) is 2.66. The number of hydrogen-bond acceptors (Lipinski definition) is 5. The highest BCUT2D eigenvalue weighted by molar-refractivity contribution is 7.13. The highest BCUT2D eigenvalue weighted by Crippen LogP contribution is 2.30. The summed E-state index contributed by atoms with van der Waals surface area (Å²) in [4.78, 5) is 16.4.